The molecule has 3 aromatic rings. The number of thioether (sulfide) groups is 2. The number of amides is 2. The van der Waals surface area contributed by atoms with Gasteiger partial charge >= 0.3 is 11.9 Å². The summed E-state index contributed by atoms with van der Waals surface area (Å²) in [5.41, 5.74) is 7.96. The summed E-state index contributed by atoms with van der Waals surface area (Å²) in [7, 11) is 3.92. The Bertz CT molecular complexity index is 1630. The van der Waals surface area contributed by atoms with E-state index in [2.05, 4.69) is 25.8 Å². The molecule has 15 nitrogen and oxygen atoms in total. The van der Waals surface area contributed by atoms with Crippen molar-refractivity contribution in [1.29, 1.82) is 0 Å². The predicted molar refractivity (Wildman–Crippen MR) is 181 cm³/mol. The number of likely N-dealkylation sites (N-methyl/N-ethyl adjacent to an activating group) is 1. The highest BCUT2D eigenvalue weighted by atomic mass is 32.2. The highest BCUT2D eigenvalue weighted by Gasteiger charge is 2.54. The van der Waals surface area contributed by atoms with Gasteiger partial charge in [-0.3, -0.25) is 19.3 Å². The fourth-order valence-corrected chi connectivity index (χ4v) is 7.85. The van der Waals surface area contributed by atoms with Crippen LogP contribution in [0.2, 0.25) is 0 Å². The number of carbonyl (C=O) groups excluding carboxylic acids is 4. The Labute approximate surface area is 290 Å². The molecule has 0 aliphatic carbocycles. The lowest BCUT2D eigenvalue weighted by molar-refractivity contribution is -0.153. The van der Waals surface area contributed by atoms with E-state index in [1.54, 1.807) is 10.1 Å². The summed E-state index contributed by atoms with van der Waals surface area (Å²) in [5, 5.41) is 17.0. The molecule has 256 valence electrons. The predicted octanol–water partition coefficient (Wildman–Crippen LogP) is 1.37. The molecule has 3 N–H and O–H groups in total. The van der Waals surface area contributed by atoms with Crippen LogP contribution in [0.25, 0.3) is 0 Å². The van der Waals surface area contributed by atoms with Crippen molar-refractivity contribution in [3.05, 3.63) is 58.2 Å². The first-order chi connectivity index (χ1) is 23.2. The first kappa shape index (κ1) is 35.3. The average molecular weight is 716 g/mol. The maximum Gasteiger partial charge on any atom is 0.355 e. The Morgan fingerprint density at radius 3 is 2.62 bits per heavy atom. The van der Waals surface area contributed by atoms with E-state index in [1.807, 2.05) is 49.3 Å². The number of β-lactam (4-membered cyclic amide) rings is 1. The normalized spacial score (nSPS) is 17.2. The van der Waals surface area contributed by atoms with Crippen molar-refractivity contribution in [3.63, 3.8) is 0 Å². The third kappa shape index (κ3) is 9.33. The van der Waals surface area contributed by atoms with Gasteiger partial charge in [-0.1, -0.05) is 42.1 Å². The number of nitrogens with two attached hydrogens (primary N) is 1. The minimum atomic E-state index is -0.792. The van der Waals surface area contributed by atoms with Crippen molar-refractivity contribution in [2.75, 3.05) is 51.1 Å². The molecule has 5 rings (SSSR count). The number of nitrogens with zero attached hydrogens (tertiary/aromatic N) is 7. The minimum absolute atomic E-state index is 0.00833. The first-order valence-corrected chi connectivity index (χ1v) is 18.2. The minimum Gasteiger partial charge on any atom is -0.465 e. The summed E-state index contributed by atoms with van der Waals surface area (Å²) < 4.78 is 12.6. The van der Waals surface area contributed by atoms with Crippen molar-refractivity contribution in [2.24, 2.45) is 0 Å². The fourth-order valence-electron chi connectivity index (χ4n) is 4.90. The van der Waals surface area contributed by atoms with Gasteiger partial charge in [-0.2, -0.15) is 0 Å². The lowest BCUT2D eigenvalue weighted by atomic mass is 10.0. The number of nitrogen functional groups attached to an aromatic ring is 1. The summed E-state index contributed by atoms with van der Waals surface area (Å²) >= 11 is 4.07. The van der Waals surface area contributed by atoms with Crippen molar-refractivity contribution in [2.45, 2.75) is 48.8 Å². The highest BCUT2D eigenvalue weighted by molar-refractivity contribution is 8.01. The fraction of sp³-hybridized carbons (Fsp3) is 0.467. The lowest BCUT2D eigenvalue weighted by Crippen LogP contribution is -2.70. The molecule has 2 aromatic heterocycles. The molecule has 48 heavy (non-hydrogen) atoms. The average Bonchev–Trinajstić information content (AvgIpc) is 3.70. The number of hydrogen-bond donors (Lipinski definition) is 2. The number of aromatic nitrogens is 5. The van der Waals surface area contributed by atoms with Gasteiger partial charge in [0.05, 0.1) is 38.3 Å². The van der Waals surface area contributed by atoms with Gasteiger partial charge in [-0.05, 0) is 48.5 Å². The Morgan fingerprint density at radius 1 is 1.12 bits per heavy atom. The van der Waals surface area contributed by atoms with Gasteiger partial charge < -0.3 is 25.4 Å². The maximum absolute atomic E-state index is 13.5. The topological polar surface area (TPSA) is 188 Å². The largest absolute Gasteiger partial charge is 0.465 e. The number of hydrogen-bond acceptors (Lipinski definition) is 15. The van der Waals surface area contributed by atoms with Crippen molar-refractivity contribution < 1.29 is 28.7 Å². The van der Waals surface area contributed by atoms with Crippen LogP contribution in [0.15, 0.2) is 52.1 Å². The molecule has 1 aromatic carbocycles. The van der Waals surface area contributed by atoms with Gasteiger partial charge in [0.15, 0.2) is 5.13 Å². The zero-order valence-electron chi connectivity index (χ0n) is 26.6. The van der Waals surface area contributed by atoms with E-state index in [-0.39, 0.29) is 43.6 Å². The van der Waals surface area contributed by atoms with Crippen LogP contribution >= 0.6 is 34.9 Å². The number of rotatable bonds is 17. The Morgan fingerprint density at radius 2 is 1.90 bits per heavy atom. The van der Waals surface area contributed by atoms with Crippen LogP contribution in [-0.2, 0) is 48.0 Å². The molecule has 0 saturated carbocycles. The van der Waals surface area contributed by atoms with Crippen LogP contribution < -0.4 is 11.1 Å². The van der Waals surface area contributed by atoms with Crippen molar-refractivity contribution >= 4 is 63.7 Å². The second-order valence-electron chi connectivity index (χ2n) is 11.3. The summed E-state index contributed by atoms with van der Waals surface area (Å²) in [4.78, 5) is 59.3. The molecule has 1 saturated heterocycles. The highest BCUT2D eigenvalue weighted by Crippen LogP contribution is 2.42. The molecule has 0 radical (unpaired) electrons. The van der Waals surface area contributed by atoms with E-state index in [1.165, 1.54) is 39.8 Å². The van der Waals surface area contributed by atoms with Gasteiger partial charge in [0.1, 0.15) is 17.1 Å². The van der Waals surface area contributed by atoms with Crippen LogP contribution in [0, 0.1) is 0 Å². The van der Waals surface area contributed by atoms with Crippen molar-refractivity contribution in [1.82, 2.24) is 40.3 Å². The summed E-state index contributed by atoms with van der Waals surface area (Å²) in [6.07, 6.45) is 1.15. The van der Waals surface area contributed by atoms with E-state index < -0.39 is 23.3 Å². The smallest absolute Gasteiger partial charge is 0.355 e. The molecule has 18 heteroatoms. The number of thiazole rings is 1. The standard InChI is InChI=1S/C30H37N9O6S3/c1-37(2)10-11-38-30(34-35-36-38)48-17-20-16-46-27-24(33-22(40)15-21-18-47-29(31)32-21)26(42)39(27)25(20)28(43)45-13-7-6-12-44-23(41)14-19-8-4-3-5-9-19/h3-5,8-9,18,24,27H,6-7,10-17H2,1-2H3,(H2,31,32)(H,33,40)/t24-,27+/m1/s1. The Hall–Kier alpha value is -4.00. The maximum atomic E-state index is 13.5. The second-order valence-corrected chi connectivity index (χ2v) is 14.2. The zero-order chi connectivity index (χ0) is 34.0. The molecule has 2 atom stereocenters. The molecular formula is C30H37N9O6S3. The van der Waals surface area contributed by atoms with Gasteiger partial charge in [0.25, 0.3) is 5.91 Å². The van der Waals surface area contributed by atoms with E-state index in [0.717, 1.165) is 12.1 Å². The molecule has 2 aliphatic heterocycles. The quantitative estimate of drug-likeness (QED) is 0.0883. The Balaban J connectivity index is 1.19. The monoisotopic (exact) mass is 715 g/mol. The SMILES string of the molecule is CN(C)CCn1nnnc1SCC1=C(C(=O)OCCCCOC(=O)Cc2ccccc2)N2C(=O)[C@@H](NC(=O)Cc3csc(N)n3)[C@@H]2SC1. The lowest BCUT2D eigenvalue weighted by Gasteiger charge is -2.49. The van der Waals surface area contributed by atoms with Crippen LogP contribution in [0.5, 0.6) is 0 Å². The van der Waals surface area contributed by atoms with Gasteiger partial charge in [-0.25, -0.2) is 14.5 Å². The zero-order valence-corrected chi connectivity index (χ0v) is 29.0. The second kappa shape index (κ2) is 16.9. The molecule has 2 amide bonds. The number of nitrogens with one attached hydrogen (secondary N) is 1. The summed E-state index contributed by atoms with van der Waals surface area (Å²) in [6, 6.07) is 8.55. The third-order valence-corrected chi connectivity index (χ3v) is 10.4. The number of fused-ring (bicyclic) bond motifs is 1. The number of tetrazole rings is 1. The number of ether oxygens (including phenoxy) is 2. The van der Waals surface area contributed by atoms with Crippen molar-refractivity contribution in [3.8, 4) is 0 Å². The number of esters is 2. The summed E-state index contributed by atoms with van der Waals surface area (Å²) in [6.45, 7) is 1.62. The first-order valence-electron chi connectivity index (χ1n) is 15.3. The van der Waals surface area contributed by atoms with Crippen LogP contribution in [0.1, 0.15) is 24.1 Å². The van der Waals surface area contributed by atoms with Gasteiger partial charge in [0.2, 0.25) is 11.1 Å². The van der Waals surface area contributed by atoms with Crippen LogP contribution in [0.4, 0.5) is 5.13 Å². The van der Waals surface area contributed by atoms with E-state index in [4.69, 9.17) is 15.2 Å². The number of anilines is 1. The molecule has 1 fully saturated rings. The number of carbonyl (C=O) groups is 4. The molecule has 4 heterocycles. The molecule has 2 aliphatic rings. The Kier molecular flexibility index (Phi) is 12.4. The number of benzene rings is 1. The van der Waals surface area contributed by atoms with E-state index in [9.17, 15) is 19.2 Å². The van der Waals surface area contributed by atoms with Crippen LogP contribution in [-0.4, -0.2) is 116 Å². The van der Waals surface area contributed by atoms with E-state index in [0.29, 0.717) is 52.4 Å². The number of unbranched alkanes of at least 4 members (excludes halogenated alkanes) is 1. The summed E-state index contributed by atoms with van der Waals surface area (Å²) in [5.74, 6) is -0.901. The molecular weight excluding hydrogens is 679 g/mol. The third-order valence-electron chi connectivity index (χ3n) is 7.33. The molecule has 0 spiro atoms. The van der Waals surface area contributed by atoms with Gasteiger partial charge in [-0.15, -0.1) is 28.2 Å². The molecule has 0 unspecified atom stereocenters. The van der Waals surface area contributed by atoms with E-state index >= 15 is 0 Å². The van der Waals surface area contributed by atoms with Crippen LogP contribution in [0.3, 0.4) is 0 Å². The van der Waals surface area contributed by atoms with Gasteiger partial charge in [0, 0.05) is 23.4 Å². The molecule has 0 bridgehead atoms.